The molecule has 0 spiro atoms. The zero-order valence-electron chi connectivity index (χ0n) is 8.83. The zero-order chi connectivity index (χ0) is 10.4. The average molecular weight is 194 g/mol. The van der Waals surface area contributed by atoms with E-state index in [9.17, 15) is 0 Å². The van der Waals surface area contributed by atoms with E-state index in [1.807, 2.05) is 6.07 Å². The van der Waals surface area contributed by atoms with Gasteiger partial charge in [-0.25, -0.2) is 0 Å². The van der Waals surface area contributed by atoms with Crippen molar-refractivity contribution in [3.05, 3.63) is 24.0 Å². The minimum atomic E-state index is 0.219. The molecule has 0 saturated heterocycles. The van der Waals surface area contributed by atoms with E-state index in [1.54, 1.807) is 6.07 Å². The van der Waals surface area contributed by atoms with Gasteiger partial charge in [-0.2, -0.15) is 0 Å². The van der Waals surface area contributed by atoms with Crippen LogP contribution in [0.2, 0.25) is 0 Å². The molecule has 0 aliphatic rings. The third-order valence-corrected chi connectivity index (χ3v) is 2.37. The second kappa shape index (κ2) is 5.60. The second-order valence-corrected chi connectivity index (χ2v) is 3.40. The Morgan fingerprint density at radius 2 is 2.07 bits per heavy atom. The highest BCUT2D eigenvalue weighted by Crippen LogP contribution is 2.06. The highest BCUT2D eigenvalue weighted by atomic mass is 16.3. The molecular formula is C11H18N2O. The Kier molecular flexibility index (Phi) is 4.40. The van der Waals surface area contributed by atoms with E-state index in [1.165, 1.54) is 6.20 Å². The van der Waals surface area contributed by atoms with Crippen molar-refractivity contribution in [2.45, 2.75) is 39.3 Å². The molecule has 3 heteroatoms. The van der Waals surface area contributed by atoms with Gasteiger partial charge >= 0.3 is 0 Å². The van der Waals surface area contributed by atoms with Gasteiger partial charge in [-0.1, -0.05) is 13.8 Å². The normalized spacial score (nSPS) is 10.8. The lowest BCUT2D eigenvalue weighted by atomic mass is 10.2. The van der Waals surface area contributed by atoms with Gasteiger partial charge in [0.15, 0.2) is 0 Å². The maximum atomic E-state index is 9.04. The van der Waals surface area contributed by atoms with Crippen LogP contribution < -0.4 is 5.32 Å². The van der Waals surface area contributed by atoms with Crippen LogP contribution >= 0.6 is 0 Å². The van der Waals surface area contributed by atoms with Gasteiger partial charge in [0.2, 0.25) is 0 Å². The SMILES string of the molecule is CCC(CC)NCc1ccc(O)cn1. The van der Waals surface area contributed by atoms with Crippen LogP contribution in [0.25, 0.3) is 0 Å². The van der Waals surface area contributed by atoms with E-state index in [2.05, 4.69) is 24.1 Å². The fourth-order valence-corrected chi connectivity index (χ4v) is 1.35. The minimum Gasteiger partial charge on any atom is -0.506 e. The van der Waals surface area contributed by atoms with Crippen LogP contribution in [0.4, 0.5) is 0 Å². The first-order valence-corrected chi connectivity index (χ1v) is 5.13. The Morgan fingerprint density at radius 1 is 1.36 bits per heavy atom. The average Bonchev–Trinajstić information content (AvgIpc) is 2.22. The monoisotopic (exact) mass is 194 g/mol. The first kappa shape index (κ1) is 11.0. The predicted molar refractivity (Wildman–Crippen MR) is 57.1 cm³/mol. The van der Waals surface area contributed by atoms with Gasteiger partial charge in [0.25, 0.3) is 0 Å². The molecule has 0 aromatic carbocycles. The molecule has 0 radical (unpaired) electrons. The Labute approximate surface area is 85.2 Å². The van der Waals surface area contributed by atoms with Gasteiger partial charge in [-0.05, 0) is 25.0 Å². The number of nitrogens with zero attached hydrogens (tertiary/aromatic N) is 1. The van der Waals surface area contributed by atoms with E-state index >= 15 is 0 Å². The van der Waals surface area contributed by atoms with Crippen molar-refractivity contribution in [3.8, 4) is 5.75 Å². The summed E-state index contributed by atoms with van der Waals surface area (Å²) < 4.78 is 0. The minimum absolute atomic E-state index is 0.219. The second-order valence-electron chi connectivity index (χ2n) is 3.40. The topological polar surface area (TPSA) is 45.1 Å². The number of hydrogen-bond acceptors (Lipinski definition) is 3. The highest BCUT2D eigenvalue weighted by Gasteiger charge is 2.02. The first-order chi connectivity index (χ1) is 6.76. The summed E-state index contributed by atoms with van der Waals surface area (Å²) in [4.78, 5) is 4.11. The van der Waals surface area contributed by atoms with E-state index in [4.69, 9.17) is 5.11 Å². The van der Waals surface area contributed by atoms with E-state index < -0.39 is 0 Å². The molecule has 1 rings (SSSR count). The molecule has 3 nitrogen and oxygen atoms in total. The van der Waals surface area contributed by atoms with Crippen LogP contribution in [0.5, 0.6) is 5.75 Å². The molecule has 2 N–H and O–H groups in total. The van der Waals surface area contributed by atoms with Gasteiger partial charge in [-0.15, -0.1) is 0 Å². The summed E-state index contributed by atoms with van der Waals surface area (Å²) in [5.41, 5.74) is 0.967. The molecular weight excluding hydrogens is 176 g/mol. The van der Waals surface area contributed by atoms with Crippen LogP contribution in [0, 0.1) is 0 Å². The predicted octanol–water partition coefficient (Wildman–Crippen LogP) is 2.07. The summed E-state index contributed by atoms with van der Waals surface area (Å²) in [6.45, 7) is 5.11. The third kappa shape index (κ3) is 3.34. The van der Waals surface area contributed by atoms with Gasteiger partial charge in [0.05, 0.1) is 11.9 Å². The Morgan fingerprint density at radius 3 is 2.57 bits per heavy atom. The summed E-state index contributed by atoms with van der Waals surface area (Å²) in [6, 6.07) is 4.06. The van der Waals surface area contributed by atoms with Crippen molar-refractivity contribution < 1.29 is 5.11 Å². The molecule has 1 aromatic rings. The van der Waals surface area contributed by atoms with Crippen molar-refractivity contribution in [2.75, 3.05) is 0 Å². The smallest absolute Gasteiger partial charge is 0.133 e. The third-order valence-electron chi connectivity index (χ3n) is 2.37. The highest BCUT2D eigenvalue weighted by molar-refractivity contribution is 5.17. The van der Waals surface area contributed by atoms with Crippen LogP contribution in [0.3, 0.4) is 0 Å². The molecule has 0 aliphatic carbocycles. The van der Waals surface area contributed by atoms with Gasteiger partial charge in [0.1, 0.15) is 5.75 Å². The van der Waals surface area contributed by atoms with Gasteiger partial charge < -0.3 is 10.4 Å². The maximum absolute atomic E-state index is 9.04. The van der Waals surface area contributed by atoms with Crippen LogP contribution in [-0.4, -0.2) is 16.1 Å². The summed E-state index contributed by atoms with van der Waals surface area (Å²) in [5.74, 6) is 0.219. The number of pyridine rings is 1. The number of rotatable bonds is 5. The molecule has 1 aromatic heterocycles. The lowest BCUT2D eigenvalue weighted by molar-refractivity contribution is 0.467. The van der Waals surface area contributed by atoms with E-state index in [0.29, 0.717) is 6.04 Å². The Hall–Kier alpha value is -1.09. The standard InChI is InChI=1S/C11H18N2O/c1-3-9(4-2)12-7-10-5-6-11(14)8-13-10/h5-6,8-9,12,14H,3-4,7H2,1-2H3. The molecule has 0 bridgehead atoms. The summed E-state index contributed by atoms with van der Waals surface area (Å²) in [7, 11) is 0. The quantitative estimate of drug-likeness (QED) is 0.754. The Bertz CT molecular complexity index is 254. The van der Waals surface area contributed by atoms with Crippen molar-refractivity contribution in [3.63, 3.8) is 0 Å². The van der Waals surface area contributed by atoms with E-state index in [0.717, 1.165) is 25.1 Å². The molecule has 0 amide bonds. The maximum Gasteiger partial charge on any atom is 0.133 e. The molecule has 0 saturated carbocycles. The van der Waals surface area contributed by atoms with Crippen LogP contribution in [0.1, 0.15) is 32.4 Å². The van der Waals surface area contributed by atoms with Crippen molar-refractivity contribution in [1.82, 2.24) is 10.3 Å². The molecule has 0 fully saturated rings. The summed E-state index contributed by atoms with van der Waals surface area (Å²) in [5, 5.41) is 12.5. The van der Waals surface area contributed by atoms with Crippen molar-refractivity contribution >= 4 is 0 Å². The van der Waals surface area contributed by atoms with Gasteiger partial charge in [0, 0.05) is 12.6 Å². The lowest BCUT2D eigenvalue weighted by Gasteiger charge is -2.13. The molecule has 0 aliphatic heterocycles. The van der Waals surface area contributed by atoms with Crippen LogP contribution in [-0.2, 0) is 6.54 Å². The van der Waals surface area contributed by atoms with Crippen molar-refractivity contribution in [1.29, 1.82) is 0 Å². The fourth-order valence-electron chi connectivity index (χ4n) is 1.35. The zero-order valence-corrected chi connectivity index (χ0v) is 8.83. The van der Waals surface area contributed by atoms with Gasteiger partial charge in [-0.3, -0.25) is 4.98 Å². The Balaban J connectivity index is 2.41. The molecule has 0 unspecified atom stereocenters. The molecule has 1 heterocycles. The number of aromatic nitrogens is 1. The fraction of sp³-hybridized carbons (Fsp3) is 0.545. The van der Waals surface area contributed by atoms with Crippen molar-refractivity contribution in [2.24, 2.45) is 0 Å². The molecule has 14 heavy (non-hydrogen) atoms. The number of hydrogen-bond donors (Lipinski definition) is 2. The lowest BCUT2D eigenvalue weighted by Crippen LogP contribution is -2.27. The molecule has 78 valence electrons. The largest absolute Gasteiger partial charge is 0.506 e. The summed E-state index contributed by atoms with van der Waals surface area (Å²) >= 11 is 0. The number of nitrogens with one attached hydrogen (secondary N) is 1. The molecule has 0 atom stereocenters. The first-order valence-electron chi connectivity index (χ1n) is 5.13. The number of aromatic hydroxyl groups is 1. The summed E-state index contributed by atoms with van der Waals surface area (Å²) in [6.07, 6.45) is 3.74. The van der Waals surface area contributed by atoms with E-state index in [-0.39, 0.29) is 5.75 Å². The van der Waals surface area contributed by atoms with Crippen LogP contribution in [0.15, 0.2) is 18.3 Å².